The Balaban J connectivity index is 3.69. The maximum absolute atomic E-state index is 3.19. The molecule has 0 aromatic heterocycles. The first-order valence-corrected chi connectivity index (χ1v) is 3.36. The van der Waals surface area contributed by atoms with Crippen molar-refractivity contribution in [2.45, 2.75) is 20.8 Å². The summed E-state index contributed by atoms with van der Waals surface area (Å²) < 4.78 is 0. The Labute approximate surface area is 59.3 Å². The Hall–Kier alpha value is 0.129. The van der Waals surface area contributed by atoms with Gasteiger partial charge in [-0.15, -0.1) is 0 Å². The van der Waals surface area contributed by atoms with Crippen molar-refractivity contribution in [1.82, 2.24) is 0 Å². The van der Waals surface area contributed by atoms with Crippen molar-refractivity contribution in [3.05, 3.63) is 12.2 Å². The molecule has 0 aliphatic rings. The fourth-order valence-electron chi connectivity index (χ4n) is 0.325. The van der Waals surface area contributed by atoms with Crippen LogP contribution in [-0.2, 0) is 15.6 Å². The van der Waals surface area contributed by atoms with Crippen molar-refractivity contribution in [3.63, 3.8) is 0 Å². The monoisotopic (exact) mass is 151 g/mol. The molecule has 8 heavy (non-hydrogen) atoms. The van der Waals surface area contributed by atoms with E-state index in [1.807, 2.05) is 11.0 Å². The second-order valence-electron chi connectivity index (χ2n) is 2.85. The second kappa shape index (κ2) is 3.21. The van der Waals surface area contributed by atoms with E-state index in [2.05, 4.69) is 42.4 Å². The third-order valence-corrected chi connectivity index (χ3v) is 0.896. The first-order chi connectivity index (χ1) is 3.56. The number of hydrogen-bond donors (Lipinski definition) is 0. The Morgan fingerprint density at radius 1 is 1.25 bits per heavy atom. The summed E-state index contributed by atoms with van der Waals surface area (Å²) in [6.45, 7) is 6.50. The molecule has 1 heteroatoms. The molecule has 0 spiro atoms. The summed E-state index contributed by atoms with van der Waals surface area (Å²) in [4.78, 5) is 1.86. The molecule has 0 nitrogen and oxygen atoms in total. The van der Waals surface area contributed by atoms with Crippen LogP contribution in [0.5, 0.6) is 0 Å². The second-order valence-corrected chi connectivity index (χ2v) is 3.24. The molecule has 0 N–H and O–H groups in total. The Kier molecular flexibility index (Phi) is 3.27. The average Bonchev–Trinajstić information content (AvgIpc) is 1.59. The Morgan fingerprint density at radius 3 is 1.88 bits per heavy atom. The van der Waals surface area contributed by atoms with Crippen molar-refractivity contribution in [2.24, 2.45) is 5.41 Å². The van der Waals surface area contributed by atoms with Crippen molar-refractivity contribution in [3.8, 4) is 0 Å². The van der Waals surface area contributed by atoms with Crippen LogP contribution in [-0.4, -0.2) is 4.92 Å². The summed E-state index contributed by atoms with van der Waals surface area (Å²) >= 11 is 3.19. The summed E-state index contributed by atoms with van der Waals surface area (Å²) in [5.74, 6) is 0. The summed E-state index contributed by atoms with van der Waals surface area (Å²) in [6.07, 6.45) is 4.14. The van der Waals surface area contributed by atoms with Gasteiger partial charge >= 0.3 is 58.8 Å². The zero-order valence-electron chi connectivity index (χ0n) is 5.61. The molecule has 0 saturated heterocycles. The van der Waals surface area contributed by atoms with Gasteiger partial charge < -0.3 is 0 Å². The van der Waals surface area contributed by atoms with Crippen LogP contribution in [0.2, 0.25) is 0 Å². The molecule has 0 radical (unpaired) electrons. The maximum atomic E-state index is 3.19. The Bertz CT molecular complexity index is 95.4. The van der Waals surface area contributed by atoms with Gasteiger partial charge in [0, 0.05) is 0 Å². The van der Waals surface area contributed by atoms with E-state index in [0.717, 1.165) is 0 Å². The van der Waals surface area contributed by atoms with Crippen molar-refractivity contribution in [1.29, 1.82) is 0 Å². The van der Waals surface area contributed by atoms with E-state index in [0.29, 0.717) is 5.41 Å². The van der Waals surface area contributed by atoms with Crippen LogP contribution in [0.1, 0.15) is 20.8 Å². The summed E-state index contributed by atoms with van der Waals surface area (Å²) in [7, 11) is 0. The van der Waals surface area contributed by atoms with E-state index in [1.54, 1.807) is 0 Å². The topological polar surface area (TPSA) is 0 Å². The fourth-order valence-corrected chi connectivity index (χ4v) is 0.439. The Morgan fingerprint density at radius 2 is 1.75 bits per heavy atom. The SMILES string of the molecule is CC(C)(C)/C=C/[CH]=[Mn]. The van der Waals surface area contributed by atoms with Crippen LogP contribution in [0.25, 0.3) is 0 Å². The van der Waals surface area contributed by atoms with Crippen LogP contribution in [0.4, 0.5) is 0 Å². The summed E-state index contributed by atoms with van der Waals surface area (Å²) in [5.41, 5.74) is 0.310. The van der Waals surface area contributed by atoms with Gasteiger partial charge in [-0.3, -0.25) is 0 Å². The molecule has 0 aromatic rings. The van der Waals surface area contributed by atoms with E-state index < -0.39 is 0 Å². The van der Waals surface area contributed by atoms with E-state index in [4.69, 9.17) is 0 Å². The van der Waals surface area contributed by atoms with Gasteiger partial charge in [0.25, 0.3) is 0 Å². The van der Waals surface area contributed by atoms with Gasteiger partial charge in [0.15, 0.2) is 0 Å². The predicted octanol–water partition coefficient (Wildman–Crippen LogP) is 1.94. The molecule has 0 bridgehead atoms. The van der Waals surface area contributed by atoms with Crippen LogP contribution >= 0.6 is 0 Å². The standard InChI is InChI=1S/C7H12.Mn/c1-5-6-7(2,3)4;/h1,5-6H,2-4H3;/b6-5+;. The van der Waals surface area contributed by atoms with Gasteiger partial charge in [0.05, 0.1) is 0 Å². The van der Waals surface area contributed by atoms with Crippen LogP contribution < -0.4 is 0 Å². The van der Waals surface area contributed by atoms with E-state index in [9.17, 15) is 0 Å². The van der Waals surface area contributed by atoms with Crippen molar-refractivity contribution >= 4 is 4.92 Å². The fraction of sp³-hybridized carbons (Fsp3) is 0.571. The zero-order chi connectivity index (χ0) is 6.62. The molecule has 0 unspecified atom stereocenters. The van der Waals surface area contributed by atoms with Gasteiger partial charge in [-0.1, -0.05) is 0 Å². The van der Waals surface area contributed by atoms with Gasteiger partial charge in [-0.05, 0) is 0 Å². The first kappa shape index (κ1) is 8.13. The quantitative estimate of drug-likeness (QED) is 0.502. The third-order valence-electron chi connectivity index (χ3n) is 0.669. The summed E-state index contributed by atoms with van der Waals surface area (Å²) in [5, 5.41) is 0. The van der Waals surface area contributed by atoms with Crippen molar-refractivity contribution < 1.29 is 15.6 Å². The molecule has 0 aliphatic heterocycles. The third kappa shape index (κ3) is 6.13. The molecule has 0 amide bonds. The molecule has 0 aromatic carbocycles. The van der Waals surface area contributed by atoms with Crippen LogP contribution in [0.3, 0.4) is 0 Å². The number of hydrogen-bond acceptors (Lipinski definition) is 0. The number of rotatable bonds is 1. The first-order valence-electron chi connectivity index (χ1n) is 2.67. The molecular formula is C7H12Mn. The zero-order valence-corrected chi connectivity index (χ0v) is 6.79. The predicted molar refractivity (Wildman–Crippen MR) is 34.7 cm³/mol. The van der Waals surface area contributed by atoms with Crippen LogP contribution in [0, 0.1) is 5.41 Å². The van der Waals surface area contributed by atoms with E-state index in [1.165, 1.54) is 0 Å². The normalized spacial score (nSPS) is 12.4. The molecule has 0 rings (SSSR count). The summed E-state index contributed by atoms with van der Waals surface area (Å²) in [6, 6.07) is 0. The molecule has 0 saturated carbocycles. The minimum atomic E-state index is 0.310. The van der Waals surface area contributed by atoms with E-state index >= 15 is 0 Å². The molecule has 0 aliphatic carbocycles. The molecule has 0 fully saturated rings. The van der Waals surface area contributed by atoms with Crippen molar-refractivity contribution in [2.75, 3.05) is 0 Å². The molecule has 47 valence electrons. The van der Waals surface area contributed by atoms with Gasteiger partial charge in [0.1, 0.15) is 0 Å². The minimum absolute atomic E-state index is 0.310. The van der Waals surface area contributed by atoms with Gasteiger partial charge in [-0.2, -0.15) is 0 Å². The number of allylic oxidation sites excluding steroid dienone is 2. The van der Waals surface area contributed by atoms with Crippen LogP contribution in [0.15, 0.2) is 12.2 Å². The van der Waals surface area contributed by atoms with Gasteiger partial charge in [-0.25, -0.2) is 0 Å². The molecule has 0 atom stereocenters. The average molecular weight is 151 g/mol. The van der Waals surface area contributed by atoms with Gasteiger partial charge in [0.2, 0.25) is 0 Å². The molecular weight excluding hydrogens is 139 g/mol. The van der Waals surface area contributed by atoms with E-state index in [-0.39, 0.29) is 0 Å². The molecule has 0 heterocycles.